The van der Waals surface area contributed by atoms with Gasteiger partial charge in [-0.15, -0.1) is 0 Å². The first-order chi connectivity index (χ1) is 12.1. The van der Waals surface area contributed by atoms with E-state index in [0.717, 1.165) is 44.3 Å². The first-order valence-corrected chi connectivity index (χ1v) is 9.47. The molecule has 0 heterocycles. The van der Waals surface area contributed by atoms with E-state index in [4.69, 9.17) is 5.73 Å². The fourth-order valence-electron chi connectivity index (χ4n) is 4.05. The smallest absolute Gasteiger partial charge is 0.0343 e. The average Bonchev–Trinajstić information content (AvgIpc) is 2.68. The van der Waals surface area contributed by atoms with E-state index < -0.39 is 0 Å². The van der Waals surface area contributed by atoms with Gasteiger partial charge in [-0.2, -0.15) is 0 Å². The highest BCUT2D eigenvalue weighted by Crippen LogP contribution is 2.39. The molecule has 0 radical (unpaired) electrons. The first kappa shape index (κ1) is 17.8. The molecule has 1 saturated carbocycles. The van der Waals surface area contributed by atoms with Crippen LogP contribution in [-0.2, 0) is 11.8 Å². The van der Waals surface area contributed by atoms with Gasteiger partial charge in [0.15, 0.2) is 0 Å². The second-order valence-electron chi connectivity index (χ2n) is 7.33. The molecule has 1 aliphatic carbocycles. The van der Waals surface area contributed by atoms with Crippen molar-refractivity contribution in [1.82, 2.24) is 5.32 Å². The van der Waals surface area contributed by atoms with Crippen LogP contribution in [-0.4, -0.2) is 12.6 Å². The van der Waals surface area contributed by atoms with Crippen molar-refractivity contribution < 1.29 is 0 Å². The molecule has 2 heteroatoms. The topological polar surface area (TPSA) is 38.0 Å². The molecule has 0 spiro atoms. The number of aryl methyl sites for hydroxylation is 1. The Hall–Kier alpha value is -2.06. The Bertz CT molecular complexity index is 697. The second-order valence-corrected chi connectivity index (χ2v) is 7.33. The lowest BCUT2D eigenvalue weighted by Gasteiger charge is -2.40. The molecular weight excluding hydrogens is 304 g/mol. The average molecular weight is 335 g/mol. The molecule has 0 amide bonds. The van der Waals surface area contributed by atoms with E-state index >= 15 is 0 Å². The van der Waals surface area contributed by atoms with Crippen molar-refractivity contribution >= 4 is 5.70 Å². The first-order valence-electron chi connectivity index (χ1n) is 9.47. The minimum atomic E-state index is 0.154. The third kappa shape index (κ3) is 3.96. The van der Waals surface area contributed by atoms with Crippen LogP contribution < -0.4 is 11.1 Å². The predicted octanol–water partition coefficient (Wildman–Crippen LogP) is 4.65. The zero-order valence-corrected chi connectivity index (χ0v) is 15.3. The summed E-state index contributed by atoms with van der Waals surface area (Å²) in [6.07, 6.45) is 5.47. The summed E-state index contributed by atoms with van der Waals surface area (Å²) < 4.78 is 0. The standard InChI is InChI=1S/C23H30N2/c1-3-19-9-7-8-12-22(19)18(2)25-17-23(15-13-21(24)14-16-23)20-10-5-4-6-11-20/h4-12,21,25H,2-3,13-17,24H2,1H3. The van der Waals surface area contributed by atoms with Crippen molar-refractivity contribution in [3.8, 4) is 0 Å². The molecule has 1 aliphatic rings. The van der Waals surface area contributed by atoms with E-state index in [-0.39, 0.29) is 5.41 Å². The largest absolute Gasteiger partial charge is 0.384 e. The minimum Gasteiger partial charge on any atom is -0.384 e. The Kier molecular flexibility index (Phi) is 5.60. The molecular formula is C23H30N2. The SMILES string of the molecule is C=C(NCC1(c2ccccc2)CCC(N)CC1)c1ccccc1CC. The van der Waals surface area contributed by atoms with Gasteiger partial charge in [0.1, 0.15) is 0 Å². The molecule has 0 bridgehead atoms. The third-order valence-electron chi connectivity index (χ3n) is 5.74. The van der Waals surface area contributed by atoms with Gasteiger partial charge in [0, 0.05) is 29.3 Å². The molecule has 2 aromatic carbocycles. The number of nitrogens with one attached hydrogen (secondary N) is 1. The lowest BCUT2D eigenvalue weighted by atomic mass is 9.68. The summed E-state index contributed by atoms with van der Waals surface area (Å²) in [5, 5.41) is 3.66. The van der Waals surface area contributed by atoms with Crippen LogP contribution in [0.15, 0.2) is 61.2 Å². The zero-order chi connectivity index (χ0) is 17.7. The van der Waals surface area contributed by atoms with Gasteiger partial charge in [-0.1, -0.05) is 68.1 Å². The number of rotatable bonds is 6. The van der Waals surface area contributed by atoms with E-state index in [2.05, 4.69) is 73.4 Å². The summed E-state index contributed by atoms with van der Waals surface area (Å²) in [7, 11) is 0. The van der Waals surface area contributed by atoms with Gasteiger partial charge >= 0.3 is 0 Å². The Morgan fingerprint density at radius 2 is 1.72 bits per heavy atom. The maximum absolute atomic E-state index is 6.18. The molecule has 2 nitrogen and oxygen atoms in total. The van der Waals surface area contributed by atoms with E-state index in [9.17, 15) is 0 Å². The molecule has 0 unspecified atom stereocenters. The van der Waals surface area contributed by atoms with Gasteiger partial charge in [0.2, 0.25) is 0 Å². The van der Waals surface area contributed by atoms with Crippen molar-refractivity contribution in [2.45, 2.75) is 50.5 Å². The monoisotopic (exact) mass is 334 g/mol. The maximum atomic E-state index is 6.18. The Balaban J connectivity index is 1.78. The second kappa shape index (κ2) is 7.88. The summed E-state index contributed by atoms with van der Waals surface area (Å²) in [5.41, 5.74) is 11.4. The van der Waals surface area contributed by atoms with Gasteiger partial charge in [0.05, 0.1) is 0 Å². The highest BCUT2D eigenvalue weighted by atomic mass is 14.9. The highest BCUT2D eigenvalue weighted by molar-refractivity contribution is 5.65. The molecule has 0 saturated heterocycles. The van der Waals surface area contributed by atoms with E-state index in [1.54, 1.807) is 0 Å². The van der Waals surface area contributed by atoms with Crippen LogP contribution in [0.2, 0.25) is 0 Å². The van der Waals surface area contributed by atoms with E-state index in [0.29, 0.717) is 6.04 Å². The maximum Gasteiger partial charge on any atom is 0.0343 e. The number of hydrogen-bond acceptors (Lipinski definition) is 2. The fraction of sp³-hybridized carbons (Fsp3) is 0.391. The molecule has 0 aromatic heterocycles. The summed E-state index contributed by atoms with van der Waals surface area (Å²) in [6.45, 7) is 7.43. The van der Waals surface area contributed by atoms with Crippen molar-refractivity contribution in [1.29, 1.82) is 0 Å². The van der Waals surface area contributed by atoms with Crippen molar-refractivity contribution in [2.24, 2.45) is 5.73 Å². The highest BCUT2D eigenvalue weighted by Gasteiger charge is 2.35. The van der Waals surface area contributed by atoms with Gasteiger partial charge in [0.25, 0.3) is 0 Å². The fourth-order valence-corrected chi connectivity index (χ4v) is 4.05. The van der Waals surface area contributed by atoms with Gasteiger partial charge in [-0.25, -0.2) is 0 Å². The van der Waals surface area contributed by atoms with Crippen LogP contribution in [0, 0.1) is 0 Å². The van der Waals surface area contributed by atoms with Crippen molar-refractivity contribution in [3.63, 3.8) is 0 Å². The van der Waals surface area contributed by atoms with Crippen LogP contribution in [0.25, 0.3) is 5.70 Å². The van der Waals surface area contributed by atoms with Gasteiger partial charge in [-0.3, -0.25) is 0 Å². The summed E-state index contributed by atoms with van der Waals surface area (Å²) in [4.78, 5) is 0. The van der Waals surface area contributed by atoms with Crippen LogP contribution in [0.5, 0.6) is 0 Å². The van der Waals surface area contributed by atoms with E-state index in [1.165, 1.54) is 16.7 Å². The summed E-state index contributed by atoms with van der Waals surface area (Å²) in [5.74, 6) is 0. The molecule has 0 aliphatic heterocycles. The van der Waals surface area contributed by atoms with Gasteiger partial charge in [-0.05, 0) is 43.2 Å². The summed E-state index contributed by atoms with van der Waals surface area (Å²) in [6, 6.07) is 19.8. The van der Waals surface area contributed by atoms with Crippen LogP contribution in [0.1, 0.15) is 49.3 Å². The molecule has 25 heavy (non-hydrogen) atoms. The molecule has 3 N–H and O–H groups in total. The third-order valence-corrected chi connectivity index (χ3v) is 5.74. The van der Waals surface area contributed by atoms with Crippen molar-refractivity contribution in [3.05, 3.63) is 77.9 Å². The normalized spacial score (nSPS) is 23.2. The van der Waals surface area contributed by atoms with E-state index in [1.807, 2.05) is 0 Å². The number of nitrogens with two attached hydrogens (primary N) is 1. The van der Waals surface area contributed by atoms with Gasteiger partial charge < -0.3 is 11.1 Å². The molecule has 132 valence electrons. The van der Waals surface area contributed by atoms with Crippen molar-refractivity contribution in [2.75, 3.05) is 6.54 Å². The Morgan fingerprint density at radius 1 is 1.08 bits per heavy atom. The lowest BCUT2D eigenvalue weighted by Crippen LogP contribution is -2.43. The molecule has 0 atom stereocenters. The van der Waals surface area contributed by atoms with Crippen LogP contribution >= 0.6 is 0 Å². The Morgan fingerprint density at radius 3 is 2.40 bits per heavy atom. The number of hydrogen-bond donors (Lipinski definition) is 2. The Labute approximate surface area is 152 Å². The zero-order valence-electron chi connectivity index (χ0n) is 15.3. The minimum absolute atomic E-state index is 0.154. The number of benzene rings is 2. The molecule has 1 fully saturated rings. The quantitative estimate of drug-likeness (QED) is 0.807. The predicted molar refractivity (Wildman–Crippen MR) is 107 cm³/mol. The van der Waals surface area contributed by atoms with Crippen LogP contribution in [0.3, 0.4) is 0 Å². The molecule has 2 aromatic rings. The summed E-state index contributed by atoms with van der Waals surface area (Å²) >= 11 is 0. The van der Waals surface area contributed by atoms with Crippen LogP contribution in [0.4, 0.5) is 0 Å². The molecule has 3 rings (SSSR count). The lowest BCUT2D eigenvalue weighted by molar-refractivity contribution is 0.268.